The summed E-state index contributed by atoms with van der Waals surface area (Å²) in [5, 5.41) is 71.9. The van der Waals surface area contributed by atoms with Gasteiger partial charge in [0, 0.05) is 0 Å². The Kier molecular flexibility index (Phi) is 28.5. The number of aliphatic hydroxyl groups is 2. The number of benzene rings is 2. The van der Waals surface area contributed by atoms with Crippen molar-refractivity contribution in [2.45, 2.75) is 23.5 Å². The van der Waals surface area contributed by atoms with E-state index in [1.165, 1.54) is 31.8 Å². The van der Waals surface area contributed by atoms with Crippen LogP contribution in [0.4, 0.5) is 0 Å². The summed E-state index contributed by atoms with van der Waals surface area (Å²) >= 11 is 0. The summed E-state index contributed by atoms with van der Waals surface area (Å²) < 4.78 is 11.0. The summed E-state index contributed by atoms with van der Waals surface area (Å²) in [6.45, 7) is -1.33. The molecular weight excluding hydrogens is 865 g/mol. The van der Waals surface area contributed by atoms with E-state index in [2.05, 4.69) is 20.6 Å². The first kappa shape index (κ1) is 54.6. The van der Waals surface area contributed by atoms with Crippen molar-refractivity contribution in [3.8, 4) is 11.5 Å². The molecule has 4 heterocycles. The zero-order valence-electron chi connectivity index (χ0n) is 27.8. The number of fused-ring (bicyclic) bond motifs is 2. The van der Waals surface area contributed by atoms with Gasteiger partial charge < -0.3 is 84.4 Å². The number of para-hydroxylation sites is 2. The molecule has 294 valence electrons. The van der Waals surface area contributed by atoms with Crippen molar-refractivity contribution >= 4 is 21.8 Å². The van der Waals surface area contributed by atoms with Crippen molar-refractivity contribution in [1.29, 1.82) is 0 Å². The Morgan fingerprint density at radius 3 is 1.16 bits per heavy atom. The van der Waals surface area contributed by atoms with Gasteiger partial charge in [-0.15, -0.1) is 13.2 Å². The molecule has 0 bridgehead atoms. The van der Waals surface area contributed by atoms with Crippen molar-refractivity contribution in [2.24, 2.45) is 0 Å². The van der Waals surface area contributed by atoms with Gasteiger partial charge in [-0.3, -0.25) is 30.3 Å². The average molecular weight is 893 g/mol. The second-order valence-corrected chi connectivity index (χ2v) is 10.3. The molecule has 4 atom stereocenters. The van der Waals surface area contributed by atoms with Crippen LogP contribution in [0.25, 0.3) is 85.7 Å². The molecule has 2 fully saturated rings. The van der Waals surface area contributed by atoms with E-state index < -0.39 is 36.7 Å². The van der Waals surface area contributed by atoms with Crippen LogP contribution in [-0.4, -0.2) is 70.9 Å². The molecule has 4 aromatic rings. The standard InChI is InChI=1S/2C14H15N2O4.3Co.4N3/c2*17-6-14(7-18)8-20-13(16-14)10-5-4-9-2-1-3-11(19)12(9)15-10;;;;4*1-3-2/h2*1-5,13,16-17,19H,6-8H2;;;;;;;/q2*-1;3*+3;4*-1/p-2/t2*13-,14-;;;;;;;/m10......./s1. The van der Waals surface area contributed by atoms with Gasteiger partial charge in [0.15, 0.2) is 12.5 Å². The smallest absolute Gasteiger partial charge is 0.871 e. The summed E-state index contributed by atoms with van der Waals surface area (Å²) in [4.78, 5) is 14.6. The zero-order chi connectivity index (χ0) is 39.2. The Balaban J connectivity index is -0.000000734. The van der Waals surface area contributed by atoms with Crippen LogP contribution in [0.5, 0.6) is 11.5 Å². The summed E-state index contributed by atoms with van der Waals surface area (Å²) in [6.07, 6.45) is -1.17. The minimum atomic E-state index is -0.974. The number of aliphatic hydroxyl groups excluding tert-OH is 2. The third-order valence-electron chi connectivity index (χ3n) is 7.03. The van der Waals surface area contributed by atoms with E-state index >= 15 is 0 Å². The van der Waals surface area contributed by atoms with Gasteiger partial charge in [0.25, 0.3) is 0 Å². The van der Waals surface area contributed by atoms with E-state index in [9.17, 15) is 30.6 Å². The summed E-state index contributed by atoms with van der Waals surface area (Å²) in [5.74, 6) is -0.306. The SMILES string of the molecule is [Co+3].[Co+3].[Co+3].[N-]=[N+]=[N-].[N-]=[N+]=[N-].[N-]=[N+]=[N-].[N-]=[N+]=[N-].[O-]C[C@@]1(CO)CO[C@@H](c2ccc3cccc([O-])c3n2)N1.[O-]C[C@]1(CO)CO[C@H](c2ccc3cccc([O-])c3n2)N1. The maximum Gasteiger partial charge on any atom is 3.00 e. The van der Waals surface area contributed by atoms with Gasteiger partial charge in [-0.2, -0.15) is 0 Å². The topological polar surface area (TPSA) is 436 Å². The van der Waals surface area contributed by atoms with Crippen LogP contribution in [-0.2, 0) is 59.8 Å². The number of pyridine rings is 2. The van der Waals surface area contributed by atoms with Crippen LogP contribution in [0.2, 0.25) is 0 Å². The molecule has 2 aliphatic heterocycles. The number of nitrogens with one attached hydrogen (secondary N) is 2. The van der Waals surface area contributed by atoms with Crippen LogP contribution >= 0.6 is 0 Å². The Labute approximate surface area is 342 Å². The fourth-order valence-corrected chi connectivity index (χ4v) is 4.53. The quantitative estimate of drug-likeness (QED) is 0.122. The second-order valence-electron chi connectivity index (χ2n) is 10.3. The molecule has 0 saturated carbocycles. The first-order valence-corrected chi connectivity index (χ1v) is 14.2. The molecule has 2 aromatic carbocycles. The van der Waals surface area contributed by atoms with Crippen molar-refractivity contribution in [3.05, 3.63) is 136 Å². The molecule has 2 saturated heterocycles. The maximum absolute atomic E-state index is 11.8. The van der Waals surface area contributed by atoms with E-state index in [1.54, 1.807) is 36.4 Å². The van der Waals surface area contributed by atoms with E-state index in [1.807, 2.05) is 12.1 Å². The van der Waals surface area contributed by atoms with E-state index in [0.29, 0.717) is 22.4 Å². The molecule has 27 heteroatoms. The predicted octanol–water partition coefficient (Wildman–Crippen LogP) is 1.49. The molecular formula is C28H28Co3N16O8+. The number of hydrogen-bond donors (Lipinski definition) is 4. The minimum Gasteiger partial charge on any atom is -0.871 e. The van der Waals surface area contributed by atoms with Gasteiger partial charge in [-0.25, -0.2) is 9.97 Å². The third-order valence-corrected chi connectivity index (χ3v) is 7.03. The van der Waals surface area contributed by atoms with Gasteiger partial charge in [0.2, 0.25) is 0 Å². The maximum atomic E-state index is 11.8. The number of hydrogen-bond acceptors (Lipinski definition) is 12. The molecule has 2 aromatic heterocycles. The zero-order valence-corrected chi connectivity index (χ0v) is 30.9. The van der Waals surface area contributed by atoms with Crippen molar-refractivity contribution in [1.82, 2.24) is 20.6 Å². The molecule has 2 aliphatic rings. The van der Waals surface area contributed by atoms with Crippen molar-refractivity contribution in [2.75, 3.05) is 39.6 Å². The normalized spacial score (nSPS) is 19.6. The van der Waals surface area contributed by atoms with Crippen molar-refractivity contribution < 1.29 is 90.4 Å². The molecule has 0 spiro atoms. The van der Waals surface area contributed by atoms with E-state index in [0.717, 1.165) is 10.8 Å². The van der Waals surface area contributed by atoms with Crippen LogP contribution < -0.4 is 31.1 Å². The fourth-order valence-electron chi connectivity index (χ4n) is 4.53. The monoisotopic (exact) mass is 893 g/mol. The molecule has 55 heavy (non-hydrogen) atoms. The minimum absolute atomic E-state index is 0. The third kappa shape index (κ3) is 15.9. The van der Waals surface area contributed by atoms with Gasteiger partial charge in [0.05, 0.1) is 59.9 Å². The first-order valence-electron chi connectivity index (χ1n) is 14.2. The molecule has 0 radical (unpaired) electrons. The van der Waals surface area contributed by atoms with Gasteiger partial charge in [-0.05, 0) is 22.9 Å². The van der Waals surface area contributed by atoms with E-state index in [-0.39, 0.29) is 88.3 Å². The molecule has 0 unspecified atom stereocenters. The first-order chi connectivity index (χ1) is 25.0. The van der Waals surface area contributed by atoms with Crippen LogP contribution in [0.15, 0.2) is 60.7 Å². The number of rotatable bonds is 6. The molecule has 24 nitrogen and oxygen atoms in total. The molecule has 4 N–H and O–H groups in total. The van der Waals surface area contributed by atoms with E-state index in [4.69, 9.17) is 53.7 Å². The molecule has 0 aliphatic carbocycles. The van der Waals surface area contributed by atoms with Gasteiger partial charge in [-0.1, -0.05) is 60.0 Å². The molecule has 6 rings (SSSR count). The average Bonchev–Trinajstić information content (AvgIpc) is 3.80. The number of aromatic nitrogens is 2. The van der Waals surface area contributed by atoms with Gasteiger partial charge in [0.1, 0.15) is 0 Å². The molecule has 0 amide bonds. The Bertz CT molecular complexity index is 1730. The second kappa shape index (κ2) is 28.7. The number of nitrogens with zero attached hydrogens (tertiary/aromatic N) is 14. The predicted molar refractivity (Wildman–Crippen MR) is 176 cm³/mol. The Hall–Kier alpha value is -4.70. The largest absolute Gasteiger partial charge is 3.00 e. The summed E-state index contributed by atoms with van der Waals surface area (Å²) in [6, 6.07) is 17.0. The van der Waals surface area contributed by atoms with Crippen molar-refractivity contribution in [3.63, 3.8) is 0 Å². The fraction of sp³-hybridized carbons (Fsp3) is 0.357. The van der Waals surface area contributed by atoms with Crippen LogP contribution in [0.1, 0.15) is 23.8 Å². The van der Waals surface area contributed by atoms with Gasteiger partial charge >= 0.3 is 50.3 Å². The summed E-state index contributed by atoms with van der Waals surface area (Å²) in [5.41, 5.74) is 53.9. The van der Waals surface area contributed by atoms with Crippen LogP contribution in [0, 0.1) is 0 Å². The van der Waals surface area contributed by atoms with Crippen LogP contribution in [0.3, 0.4) is 0 Å². The Morgan fingerprint density at radius 2 is 0.909 bits per heavy atom. The summed E-state index contributed by atoms with van der Waals surface area (Å²) in [7, 11) is 0. The Morgan fingerprint density at radius 1 is 0.600 bits per heavy atom. The number of ether oxygens (including phenoxy) is 2.